The Morgan fingerprint density at radius 2 is 1.29 bits per heavy atom. The van der Waals surface area contributed by atoms with E-state index < -0.39 is 97.7 Å². The van der Waals surface area contributed by atoms with Crippen LogP contribution in [0.15, 0.2) is 87.9 Å². The van der Waals surface area contributed by atoms with Gasteiger partial charge >= 0.3 is 31.4 Å². The maximum atomic E-state index is 12.7. The van der Waals surface area contributed by atoms with Crippen LogP contribution in [-0.2, 0) is 55.2 Å². The van der Waals surface area contributed by atoms with Crippen LogP contribution in [0.1, 0.15) is 32.2 Å². The smallest absolute Gasteiger partial charge is 0.399 e. The van der Waals surface area contributed by atoms with Crippen molar-refractivity contribution < 1.29 is 55.2 Å². The van der Waals surface area contributed by atoms with Crippen molar-refractivity contribution >= 4 is 94.6 Å². The summed E-state index contributed by atoms with van der Waals surface area (Å²) in [5.74, 6) is 0.946. The number of imidazole rings is 2. The Balaban J connectivity index is 0.744. The highest BCUT2D eigenvalue weighted by molar-refractivity contribution is 7.99. The van der Waals surface area contributed by atoms with Crippen molar-refractivity contribution in [3.63, 3.8) is 0 Å². The molecule has 4 aliphatic heterocycles. The number of nitrogens with two attached hydrogens (primary N) is 2. The van der Waals surface area contributed by atoms with Crippen molar-refractivity contribution in [2.45, 2.75) is 74.9 Å². The van der Waals surface area contributed by atoms with Gasteiger partial charge in [0.1, 0.15) is 36.6 Å². The SMILES string of the molecule is C/N=C/CCOP(OCCSCCOP(OCCC#N)OC[C@H]1O[C@@H](n2cnc3c(=O)[nH]c(N)nc32)[C@@H]2OB(c3ccccc3)O[C@@H]21)O[C@H](C)[C@H]1O[C@@H](n2cnc3c(=O)[nH]c(N)nc32)[C@@H]2OB(c3ccccc3)O[C@@H]21. The highest BCUT2D eigenvalue weighted by Crippen LogP contribution is 2.47. The van der Waals surface area contributed by atoms with E-state index in [4.69, 9.17) is 66.7 Å². The van der Waals surface area contributed by atoms with Crippen LogP contribution in [0.2, 0.25) is 0 Å². The molecule has 31 heteroatoms. The van der Waals surface area contributed by atoms with Crippen molar-refractivity contribution in [1.29, 1.82) is 5.26 Å². The number of benzene rings is 2. The first kappa shape index (κ1) is 53.2. The fraction of sp³-hybridized carbons (Fsp3) is 0.455. The maximum absolute atomic E-state index is 12.7. The van der Waals surface area contributed by atoms with E-state index in [0.717, 1.165) is 10.9 Å². The maximum Gasteiger partial charge on any atom is 0.494 e. The Kier molecular flexibility index (Phi) is 17.6. The van der Waals surface area contributed by atoms with Crippen molar-refractivity contribution in [1.82, 2.24) is 39.0 Å². The van der Waals surface area contributed by atoms with Gasteiger partial charge in [-0.05, 0) is 17.8 Å². The molecule has 0 saturated carbocycles. The number of aromatic nitrogens is 8. The molecule has 4 saturated heterocycles. The summed E-state index contributed by atoms with van der Waals surface area (Å²) in [7, 11) is -3.56. The summed E-state index contributed by atoms with van der Waals surface area (Å²) in [6.45, 7) is 2.72. The zero-order valence-electron chi connectivity index (χ0n) is 40.5. The zero-order valence-corrected chi connectivity index (χ0v) is 43.1. The first-order chi connectivity index (χ1) is 36.7. The van der Waals surface area contributed by atoms with Gasteiger partial charge in [0.2, 0.25) is 11.9 Å². The van der Waals surface area contributed by atoms with Gasteiger partial charge in [0.05, 0.1) is 64.3 Å². The third kappa shape index (κ3) is 12.2. The number of fused-ring (bicyclic) bond motifs is 4. The second-order valence-corrected chi connectivity index (χ2v) is 20.8. The van der Waals surface area contributed by atoms with Crippen LogP contribution in [0.25, 0.3) is 22.3 Å². The number of aromatic amines is 2. The molecule has 6 aromatic rings. The number of nitrogens with zero attached hydrogens (tertiary/aromatic N) is 8. The number of nitrogens with one attached hydrogen (secondary N) is 2. The number of nitrogen functional groups attached to an aromatic ring is 2. The highest BCUT2D eigenvalue weighted by Gasteiger charge is 2.58. The molecule has 26 nitrogen and oxygen atoms in total. The van der Waals surface area contributed by atoms with Gasteiger partial charge in [-0.15, -0.1) is 0 Å². The molecule has 75 heavy (non-hydrogen) atoms. The molecule has 11 atom stereocenters. The molecular formula is C44H52B2N12O14P2S. The summed E-state index contributed by atoms with van der Waals surface area (Å²) in [5.41, 5.74) is 13.1. The number of ether oxygens (including phenoxy) is 2. The second-order valence-electron chi connectivity index (χ2n) is 17.1. The minimum atomic E-state index is -1.94. The van der Waals surface area contributed by atoms with Crippen LogP contribution in [0.5, 0.6) is 0 Å². The van der Waals surface area contributed by atoms with Crippen LogP contribution in [0.4, 0.5) is 11.9 Å². The van der Waals surface area contributed by atoms with Gasteiger partial charge < -0.3 is 71.7 Å². The molecule has 0 bridgehead atoms. The summed E-state index contributed by atoms with van der Waals surface area (Å²) in [6, 6.07) is 21.1. The van der Waals surface area contributed by atoms with Crippen LogP contribution in [-0.4, -0.2) is 154 Å². The van der Waals surface area contributed by atoms with E-state index in [1.54, 1.807) is 34.2 Å². The molecule has 0 aliphatic carbocycles. The summed E-state index contributed by atoms with van der Waals surface area (Å²) >= 11 is 1.57. The van der Waals surface area contributed by atoms with E-state index in [2.05, 4.69) is 41.0 Å². The van der Waals surface area contributed by atoms with Crippen LogP contribution in [0, 0.1) is 11.3 Å². The molecule has 10 rings (SSSR count). The number of rotatable bonds is 25. The first-order valence-corrected chi connectivity index (χ1v) is 27.3. The number of anilines is 2. The predicted molar refractivity (Wildman–Crippen MR) is 277 cm³/mol. The van der Waals surface area contributed by atoms with E-state index in [0.29, 0.717) is 24.5 Å². The van der Waals surface area contributed by atoms with E-state index >= 15 is 0 Å². The lowest BCUT2D eigenvalue weighted by Crippen LogP contribution is -2.39. The average molecular weight is 1090 g/mol. The number of H-pyrrole nitrogens is 2. The normalized spacial score (nSPS) is 24.6. The monoisotopic (exact) mass is 1090 g/mol. The molecule has 8 heterocycles. The predicted octanol–water partition coefficient (Wildman–Crippen LogP) is 2.25. The van der Waals surface area contributed by atoms with Gasteiger partial charge in [-0.25, -0.2) is 9.97 Å². The summed E-state index contributed by atoms with van der Waals surface area (Å²) < 4.78 is 79.4. The van der Waals surface area contributed by atoms with E-state index in [-0.39, 0.29) is 67.1 Å². The van der Waals surface area contributed by atoms with Crippen molar-refractivity contribution in [2.24, 2.45) is 4.99 Å². The van der Waals surface area contributed by atoms with Crippen LogP contribution in [0.3, 0.4) is 0 Å². The van der Waals surface area contributed by atoms with E-state index in [1.807, 2.05) is 67.6 Å². The van der Waals surface area contributed by atoms with Crippen LogP contribution < -0.4 is 33.5 Å². The number of hydrogen-bond acceptors (Lipinski definition) is 23. The molecular weight excluding hydrogens is 1040 g/mol. The first-order valence-electron chi connectivity index (χ1n) is 23.9. The minimum absolute atomic E-state index is 0.0225. The fourth-order valence-electron chi connectivity index (χ4n) is 8.83. The molecule has 6 N–H and O–H groups in total. The number of hydrogen-bond donors (Lipinski definition) is 4. The second kappa shape index (κ2) is 24.8. The summed E-state index contributed by atoms with van der Waals surface area (Å²) in [6.07, 6.45) is -0.834. The van der Waals surface area contributed by atoms with E-state index in [9.17, 15) is 14.9 Å². The Morgan fingerprint density at radius 1 is 0.760 bits per heavy atom. The Morgan fingerprint density at radius 3 is 1.89 bits per heavy atom. The van der Waals surface area contributed by atoms with Crippen molar-refractivity contribution in [2.75, 3.05) is 63.1 Å². The molecule has 394 valence electrons. The fourth-order valence-corrected chi connectivity index (χ4v) is 11.7. The third-order valence-electron chi connectivity index (χ3n) is 12.2. The van der Waals surface area contributed by atoms with E-state index in [1.165, 1.54) is 12.7 Å². The van der Waals surface area contributed by atoms with Gasteiger partial charge in [-0.1, -0.05) is 60.7 Å². The van der Waals surface area contributed by atoms with Gasteiger partial charge in [0.15, 0.2) is 34.8 Å². The molecule has 2 unspecified atom stereocenters. The molecule has 4 aromatic heterocycles. The largest absolute Gasteiger partial charge is 0.494 e. The van der Waals surface area contributed by atoms with Gasteiger partial charge in [-0.3, -0.25) is 28.7 Å². The average Bonchev–Trinajstić information content (AvgIpc) is 4.32. The molecule has 0 spiro atoms. The lowest BCUT2D eigenvalue weighted by Gasteiger charge is -2.27. The van der Waals surface area contributed by atoms with Gasteiger partial charge in [-0.2, -0.15) is 27.0 Å². The Hall–Kier alpha value is -5.24. The minimum Gasteiger partial charge on any atom is -0.399 e. The quantitative estimate of drug-likeness (QED) is 0.0276. The Bertz CT molecular complexity index is 3060. The molecule has 4 fully saturated rings. The Labute approximate surface area is 435 Å². The highest BCUT2D eigenvalue weighted by atomic mass is 32.2. The molecule has 4 aliphatic rings. The van der Waals surface area contributed by atoms with Gasteiger partial charge in [0, 0.05) is 31.2 Å². The lowest BCUT2D eigenvalue weighted by molar-refractivity contribution is -0.0796. The molecule has 0 radical (unpaired) electrons. The summed E-state index contributed by atoms with van der Waals surface area (Å²) in [4.78, 5) is 51.6. The van der Waals surface area contributed by atoms with Crippen molar-refractivity contribution in [3.8, 4) is 6.07 Å². The zero-order chi connectivity index (χ0) is 51.8. The standard InChI is InChI=1S/C44H52B2N12O14P2S/c1-26(32-34-36(71-46(69-34)28-13-7-4-8-14-28)42(67-32)58-25-52-31-38(58)54-44(49)56-40(31)60)72-74(62-18-10-16-50-2)64-20-22-75-21-19-63-73(61-17-9-15-47)65-23-29-33-35(70-45(68-33)27-11-5-3-6-12-27)41(66-29)57-24-51-30-37(57)53-43(48)55-39(30)59/h3-8,11-14,16,24-26,29,32-36,41-42H,9-10,17-23H2,1-2H3,(H3,48,53,55,59)(H3,49,54,56,60)/b50-16+/t26-,29-,32-,33-,34-,35-,36-,41-,42-,73?,74?/m1/s1. The lowest BCUT2D eigenvalue weighted by atomic mass is 9.79. The molecule has 2 aromatic carbocycles. The molecule has 0 amide bonds. The number of nitriles is 1. The van der Waals surface area contributed by atoms with Crippen molar-refractivity contribution in [3.05, 3.63) is 94.0 Å². The third-order valence-corrected chi connectivity index (χ3v) is 15.5. The topological polar surface area (TPSA) is 326 Å². The van der Waals surface area contributed by atoms with Crippen LogP contribution >= 0.6 is 29.0 Å². The number of thioether (sulfide) groups is 1. The summed E-state index contributed by atoms with van der Waals surface area (Å²) in [5, 5.41) is 9.25. The van der Waals surface area contributed by atoms with Gasteiger partial charge in [0.25, 0.3) is 11.1 Å². The number of aliphatic imine (C=N–C) groups is 1.